The van der Waals surface area contributed by atoms with E-state index < -0.39 is 0 Å². The topological polar surface area (TPSA) is 48.9 Å². The monoisotopic (exact) mass is 480 g/mol. The second kappa shape index (κ2) is 12.6. The van der Waals surface area contributed by atoms with E-state index in [4.69, 9.17) is 4.74 Å². The van der Waals surface area contributed by atoms with Gasteiger partial charge in [-0.25, -0.2) is 0 Å². The van der Waals surface area contributed by atoms with Gasteiger partial charge < -0.3 is 20.3 Å². The molecule has 0 aliphatic carbocycles. The lowest BCUT2D eigenvalue weighted by molar-refractivity contribution is 0.261. The molecule has 0 aromatic heterocycles. The van der Waals surface area contributed by atoms with Crippen LogP contribution in [0.25, 0.3) is 0 Å². The summed E-state index contributed by atoms with van der Waals surface area (Å²) in [6, 6.07) is 8.18. The van der Waals surface area contributed by atoms with Crippen LogP contribution in [-0.2, 0) is 6.54 Å². The lowest BCUT2D eigenvalue weighted by Crippen LogP contribution is -2.42. The van der Waals surface area contributed by atoms with E-state index in [0.29, 0.717) is 13.2 Å². The van der Waals surface area contributed by atoms with Crippen LogP contribution in [0.2, 0.25) is 0 Å². The van der Waals surface area contributed by atoms with Crippen molar-refractivity contribution in [1.29, 1.82) is 0 Å². The largest absolute Gasteiger partial charge is 0.492 e. The molecule has 0 atom stereocenters. The first-order chi connectivity index (χ1) is 11.4. The van der Waals surface area contributed by atoms with E-state index in [1.165, 1.54) is 5.56 Å². The van der Waals surface area contributed by atoms with Gasteiger partial charge in [0.1, 0.15) is 12.4 Å². The van der Waals surface area contributed by atoms with Gasteiger partial charge in [-0.05, 0) is 51.9 Å². The molecule has 0 aliphatic heterocycles. The van der Waals surface area contributed by atoms with Crippen LogP contribution in [0.1, 0.15) is 19.4 Å². The van der Waals surface area contributed by atoms with Crippen LogP contribution in [-0.4, -0.2) is 62.7 Å². The number of hydrogen-bond acceptors (Lipinski definition) is 4. The number of thioether (sulfide) groups is 1. The number of guanidine groups is 1. The van der Waals surface area contributed by atoms with Gasteiger partial charge in [0.2, 0.25) is 0 Å². The van der Waals surface area contributed by atoms with E-state index >= 15 is 0 Å². The third-order valence-electron chi connectivity index (χ3n) is 3.62. The molecule has 0 saturated carbocycles. The highest BCUT2D eigenvalue weighted by Gasteiger charge is 2.16. The van der Waals surface area contributed by atoms with Gasteiger partial charge in [0.25, 0.3) is 0 Å². The summed E-state index contributed by atoms with van der Waals surface area (Å²) >= 11 is 1.84. The Morgan fingerprint density at radius 3 is 2.60 bits per heavy atom. The molecule has 0 fully saturated rings. The van der Waals surface area contributed by atoms with E-state index in [9.17, 15) is 0 Å². The molecule has 0 amide bonds. The van der Waals surface area contributed by atoms with Gasteiger partial charge in [0, 0.05) is 31.4 Å². The van der Waals surface area contributed by atoms with Gasteiger partial charge in [0.05, 0.1) is 0 Å². The highest BCUT2D eigenvalue weighted by Crippen LogP contribution is 2.19. The SMILES string of the molecule is CN=C(NCc1cccc(OCCN(C)C)c1)NCC(C)(C)SC.I. The lowest BCUT2D eigenvalue weighted by Gasteiger charge is -2.23. The number of rotatable bonds is 9. The van der Waals surface area contributed by atoms with E-state index in [2.05, 4.69) is 52.8 Å². The van der Waals surface area contributed by atoms with Gasteiger partial charge >= 0.3 is 0 Å². The second-order valence-electron chi connectivity index (χ2n) is 6.54. The summed E-state index contributed by atoms with van der Waals surface area (Å²) < 4.78 is 5.96. The molecule has 0 saturated heterocycles. The maximum absolute atomic E-state index is 5.78. The average Bonchev–Trinajstić information content (AvgIpc) is 2.55. The maximum Gasteiger partial charge on any atom is 0.191 e. The van der Waals surface area contributed by atoms with E-state index in [1.807, 2.05) is 38.0 Å². The van der Waals surface area contributed by atoms with Gasteiger partial charge in [-0.15, -0.1) is 24.0 Å². The van der Waals surface area contributed by atoms with Gasteiger partial charge in [-0.3, -0.25) is 4.99 Å². The molecular formula is C18H33IN4OS. The first kappa shape index (κ1) is 24.3. The smallest absolute Gasteiger partial charge is 0.191 e. The van der Waals surface area contributed by atoms with E-state index in [0.717, 1.165) is 24.8 Å². The number of aliphatic imine (C=N–C) groups is 1. The van der Waals surface area contributed by atoms with Crippen molar-refractivity contribution in [2.24, 2.45) is 4.99 Å². The fraction of sp³-hybridized carbons (Fsp3) is 0.611. The zero-order chi connectivity index (χ0) is 18.0. The van der Waals surface area contributed by atoms with Crippen molar-refractivity contribution in [3.05, 3.63) is 29.8 Å². The first-order valence-corrected chi connectivity index (χ1v) is 9.45. The Kier molecular flexibility index (Phi) is 12.3. The van der Waals surface area contributed by atoms with Crippen LogP contribution in [0, 0.1) is 0 Å². The predicted octanol–water partition coefficient (Wildman–Crippen LogP) is 3.05. The zero-order valence-corrected chi connectivity index (χ0v) is 19.4. The fourth-order valence-corrected chi connectivity index (χ4v) is 2.08. The minimum absolute atomic E-state index is 0. The van der Waals surface area contributed by atoms with E-state index in [-0.39, 0.29) is 28.7 Å². The van der Waals surface area contributed by atoms with Crippen molar-refractivity contribution in [3.8, 4) is 5.75 Å². The fourth-order valence-electron chi connectivity index (χ4n) is 1.87. The Bertz CT molecular complexity index is 524. The maximum atomic E-state index is 5.78. The van der Waals surface area contributed by atoms with Crippen molar-refractivity contribution in [1.82, 2.24) is 15.5 Å². The molecule has 5 nitrogen and oxygen atoms in total. The summed E-state index contributed by atoms with van der Waals surface area (Å²) in [4.78, 5) is 6.39. The number of nitrogens with zero attached hydrogens (tertiary/aromatic N) is 2. The predicted molar refractivity (Wildman–Crippen MR) is 122 cm³/mol. The standard InChI is InChI=1S/C18H32N4OS.HI/c1-18(2,24-6)14-21-17(19-3)20-13-15-8-7-9-16(12-15)23-11-10-22(4)5;/h7-9,12H,10-11,13-14H2,1-6H3,(H2,19,20,21);1H. The first-order valence-electron chi connectivity index (χ1n) is 8.22. The van der Waals surface area contributed by atoms with Crippen molar-refractivity contribution in [3.63, 3.8) is 0 Å². The normalized spacial score (nSPS) is 11.9. The quantitative estimate of drug-likeness (QED) is 0.323. The third-order valence-corrected chi connectivity index (χ3v) is 4.87. The van der Waals surface area contributed by atoms with Crippen LogP contribution in [0.15, 0.2) is 29.3 Å². The molecule has 0 unspecified atom stereocenters. The molecule has 0 aliphatic rings. The summed E-state index contributed by atoms with van der Waals surface area (Å²) in [6.07, 6.45) is 2.12. The third kappa shape index (κ3) is 10.8. The lowest BCUT2D eigenvalue weighted by atomic mass is 10.2. The highest BCUT2D eigenvalue weighted by molar-refractivity contribution is 14.0. The van der Waals surface area contributed by atoms with Crippen molar-refractivity contribution < 1.29 is 4.74 Å². The molecular weight excluding hydrogens is 447 g/mol. The minimum Gasteiger partial charge on any atom is -0.492 e. The summed E-state index contributed by atoms with van der Waals surface area (Å²) in [5.41, 5.74) is 1.17. The van der Waals surface area contributed by atoms with Gasteiger partial charge in [0.15, 0.2) is 5.96 Å². The summed E-state index contributed by atoms with van der Waals surface area (Å²) in [5.74, 6) is 1.72. The number of nitrogens with one attached hydrogen (secondary N) is 2. The molecule has 1 aromatic rings. The van der Waals surface area contributed by atoms with Crippen LogP contribution in [0.3, 0.4) is 0 Å². The Labute approximate surface area is 174 Å². The van der Waals surface area contributed by atoms with Crippen molar-refractivity contribution >= 4 is 41.7 Å². The molecule has 7 heteroatoms. The molecule has 25 heavy (non-hydrogen) atoms. The van der Waals surface area contributed by atoms with Crippen LogP contribution in [0.5, 0.6) is 5.75 Å². The van der Waals surface area contributed by atoms with Crippen LogP contribution >= 0.6 is 35.7 Å². The second-order valence-corrected chi connectivity index (χ2v) is 8.06. The minimum atomic E-state index is 0. The van der Waals surface area contributed by atoms with Gasteiger partial charge in [-0.2, -0.15) is 11.8 Å². The number of likely N-dealkylation sites (N-methyl/N-ethyl adjacent to an activating group) is 1. The molecule has 0 bridgehead atoms. The molecule has 0 radical (unpaired) electrons. The van der Waals surface area contributed by atoms with Gasteiger partial charge in [-0.1, -0.05) is 12.1 Å². The summed E-state index contributed by atoms with van der Waals surface area (Å²) in [5, 5.41) is 6.72. The Balaban J connectivity index is 0.00000576. The Morgan fingerprint density at radius 1 is 1.28 bits per heavy atom. The molecule has 144 valence electrons. The average molecular weight is 480 g/mol. The molecule has 0 spiro atoms. The molecule has 1 rings (SSSR count). The summed E-state index contributed by atoms with van der Waals surface area (Å²) in [7, 11) is 5.88. The number of hydrogen-bond donors (Lipinski definition) is 2. The molecule has 1 aromatic carbocycles. The summed E-state index contributed by atoms with van der Waals surface area (Å²) in [6.45, 7) is 7.60. The number of halogens is 1. The molecule has 0 heterocycles. The number of benzene rings is 1. The zero-order valence-electron chi connectivity index (χ0n) is 16.3. The number of ether oxygens (including phenoxy) is 1. The van der Waals surface area contributed by atoms with Crippen molar-refractivity contribution in [2.75, 3.05) is 47.1 Å². The molecule has 2 N–H and O–H groups in total. The highest BCUT2D eigenvalue weighted by atomic mass is 127. The Morgan fingerprint density at radius 2 is 2.00 bits per heavy atom. The Hall–Kier alpha value is -0.670. The van der Waals surface area contributed by atoms with Crippen LogP contribution in [0.4, 0.5) is 0 Å². The van der Waals surface area contributed by atoms with Crippen LogP contribution < -0.4 is 15.4 Å². The van der Waals surface area contributed by atoms with E-state index in [1.54, 1.807) is 7.05 Å². The van der Waals surface area contributed by atoms with Crippen molar-refractivity contribution in [2.45, 2.75) is 25.1 Å².